The second-order valence-corrected chi connectivity index (χ2v) is 11.9. The maximum absolute atomic E-state index is 13.0. The molecular weight excluding hydrogens is 665 g/mol. The fourth-order valence-corrected chi connectivity index (χ4v) is 5.46. The summed E-state index contributed by atoms with van der Waals surface area (Å²) in [6, 6.07) is 17.5. The minimum atomic E-state index is -0.492. The van der Waals surface area contributed by atoms with Gasteiger partial charge in [-0.25, -0.2) is 4.98 Å². The van der Waals surface area contributed by atoms with Gasteiger partial charge in [0.15, 0.2) is 0 Å². The van der Waals surface area contributed by atoms with Gasteiger partial charge in [-0.05, 0) is 61.0 Å². The molecule has 49 heavy (non-hydrogen) atoms. The summed E-state index contributed by atoms with van der Waals surface area (Å²) in [6.45, 7) is 1.68. The van der Waals surface area contributed by atoms with Gasteiger partial charge < -0.3 is 25.2 Å². The number of rotatable bonds is 11. The van der Waals surface area contributed by atoms with Crippen molar-refractivity contribution in [1.29, 1.82) is 0 Å². The first-order valence-corrected chi connectivity index (χ1v) is 15.8. The standard InChI is InChI=1S/C36H33Cl2N7O4/c1-22-18-30(44(2)3)25-6-5-7-31(35(25)42-22)49-21-26-27(37)10-12-29(34(26)38)45(4)33(47)20-41-32(46)13-9-23-8-11-28(40-19-23)36(48)43-24-14-16-39-17-15-24/h5-19H,20-21H2,1-4H3,(H,41,46)(H,39,43,48)/b13-9+. The number of halogens is 2. The van der Waals surface area contributed by atoms with Crippen LogP contribution in [0.4, 0.5) is 17.1 Å². The Morgan fingerprint density at radius 3 is 2.45 bits per heavy atom. The van der Waals surface area contributed by atoms with Crippen LogP contribution in [0.2, 0.25) is 10.0 Å². The number of benzene rings is 2. The highest BCUT2D eigenvalue weighted by Gasteiger charge is 2.20. The minimum Gasteiger partial charge on any atom is -0.487 e. The zero-order valence-corrected chi connectivity index (χ0v) is 28.7. The summed E-state index contributed by atoms with van der Waals surface area (Å²) in [7, 11) is 5.50. The van der Waals surface area contributed by atoms with E-state index in [4.69, 9.17) is 32.9 Å². The lowest BCUT2D eigenvalue weighted by Gasteiger charge is -2.21. The molecule has 0 aliphatic carbocycles. The first kappa shape index (κ1) is 34.8. The lowest BCUT2D eigenvalue weighted by Crippen LogP contribution is -2.37. The van der Waals surface area contributed by atoms with Gasteiger partial charge in [-0.1, -0.05) is 41.4 Å². The summed E-state index contributed by atoms with van der Waals surface area (Å²) in [5.41, 5.74) is 4.88. The summed E-state index contributed by atoms with van der Waals surface area (Å²) in [5, 5.41) is 6.87. The lowest BCUT2D eigenvalue weighted by molar-refractivity contribution is -0.122. The van der Waals surface area contributed by atoms with Gasteiger partial charge in [-0.3, -0.25) is 24.4 Å². The summed E-state index contributed by atoms with van der Waals surface area (Å²) in [4.78, 5) is 54.1. The maximum atomic E-state index is 13.0. The fraction of sp³-hybridized carbons (Fsp3) is 0.167. The van der Waals surface area contributed by atoms with Crippen molar-refractivity contribution in [3.05, 3.63) is 118 Å². The Bertz CT molecular complexity index is 2040. The first-order valence-electron chi connectivity index (χ1n) is 15.1. The second-order valence-electron chi connectivity index (χ2n) is 11.1. The van der Waals surface area contributed by atoms with Crippen LogP contribution in [0.5, 0.6) is 5.75 Å². The Morgan fingerprint density at radius 1 is 0.959 bits per heavy atom. The van der Waals surface area contributed by atoms with E-state index in [-0.39, 0.29) is 29.8 Å². The summed E-state index contributed by atoms with van der Waals surface area (Å²) in [5.74, 6) is -0.707. The molecule has 0 saturated heterocycles. The molecule has 3 heterocycles. The van der Waals surface area contributed by atoms with Gasteiger partial charge in [-0.2, -0.15) is 0 Å². The van der Waals surface area contributed by atoms with Gasteiger partial charge in [0.25, 0.3) is 5.91 Å². The van der Waals surface area contributed by atoms with E-state index in [9.17, 15) is 14.4 Å². The molecule has 2 aromatic carbocycles. The summed E-state index contributed by atoms with van der Waals surface area (Å²) in [6.07, 6.45) is 7.40. The number of pyridine rings is 3. The molecule has 11 nitrogen and oxygen atoms in total. The highest BCUT2D eigenvalue weighted by molar-refractivity contribution is 6.38. The van der Waals surface area contributed by atoms with Crippen LogP contribution in [0.25, 0.3) is 17.0 Å². The number of anilines is 3. The van der Waals surface area contributed by atoms with E-state index < -0.39 is 11.8 Å². The molecule has 250 valence electrons. The number of para-hydroxylation sites is 1. The summed E-state index contributed by atoms with van der Waals surface area (Å²) < 4.78 is 6.19. The van der Waals surface area contributed by atoms with Gasteiger partial charge in [0.2, 0.25) is 11.8 Å². The molecule has 5 aromatic rings. The molecule has 0 radical (unpaired) electrons. The van der Waals surface area contributed by atoms with Gasteiger partial charge in [0.1, 0.15) is 23.6 Å². The smallest absolute Gasteiger partial charge is 0.274 e. The molecule has 0 saturated carbocycles. The molecule has 0 aliphatic rings. The third-order valence-electron chi connectivity index (χ3n) is 7.46. The molecule has 0 bridgehead atoms. The monoisotopic (exact) mass is 697 g/mol. The Labute approximate surface area is 293 Å². The number of amides is 3. The van der Waals surface area contributed by atoms with Crippen molar-refractivity contribution < 1.29 is 19.1 Å². The van der Waals surface area contributed by atoms with Gasteiger partial charge in [0.05, 0.1) is 17.3 Å². The Hall–Kier alpha value is -5.52. The van der Waals surface area contributed by atoms with Crippen molar-refractivity contribution in [2.45, 2.75) is 13.5 Å². The number of nitrogens with zero attached hydrogens (tertiary/aromatic N) is 5. The Morgan fingerprint density at radius 2 is 1.73 bits per heavy atom. The number of likely N-dealkylation sites (N-methyl/N-ethyl adjacent to an activating group) is 1. The highest BCUT2D eigenvalue weighted by atomic mass is 35.5. The van der Waals surface area contributed by atoms with Crippen LogP contribution >= 0.6 is 23.2 Å². The quantitative estimate of drug-likeness (QED) is 0.153. The highest BCUT2D eigenvalue weighted by Crippen LogP contribution is 2.36. The molecular formula is C36H33Cl2N7O4. The Balaban J connectivity index is 1.19. The number of aromatic nitrogens is 3. The molecule has 5 rings (SSSR count). The van der Waals surface area contributed by atoms with Crippen LogP contribution in [0.3, 0.4) is 0 Å². The SMILES string of the molecule is Cc1cc(N(C)C)c2cccc(OCc3c(Cl)ccc(N(C)C(=O)CNC(=O)/C=C/c4ccc(C(=O)Nc5ccncc5)nc4)c3Cl)c2n1. The van der Waals surface area contributed by atoms with Crippen molar-refractivity contribution in [2.75, 3.05) is 42.8 Å². The van der Waals surface area contributed by atoms with Gasteiger partial charge in [-0.15, -0.1) is 0 Å². The van der Waals surface area contributed by atoms with E-state index in [1.807, 2.05) is 50.2 Å². The van der Waals surface area contributed by atoms with E-state index in [1.54, 1.807) is 55.8 Å². The lowest BCUT2D eigenvalue weighted by atomic mass is 10.1. The van der Waals surface area contributed by atoms with E-state index in [0.717, 1.165) is 16.8 Å². The molecule has 0 fully saturated rings. The third-order valence-corrected chi connectivity index (χ3v) is 8.24. The Kier molecular flexibility index (Phi) is 11.1. The van der Waals surface area contributed by atoms with Crippen LogP contribution in [0, 0.1) is 6.92 Å². The van der Waals surface area contributed by atoms with E-state index in [0.29, 0.717) is 38.8 Å². The zero-order valence-electron chi connectivity index (χ0n) is 27.2. The van der Waals surface area contributed by atoms with Crippen molar-refractivity contribution in [1.82, 2.24) is 20.3 Å². The van der Waals surface area contributed by atoms with Crippen molar-refractivity contribution in [3.8, 4) is 5.75 Å². The first-order chi connectivity index (χ1) is 23.5. The van der Waals surface area contributed by atoms with Crippen molar-refractivity contribution in [3.63, 3.8) is 0 Å². The number of hydrogen-bond acceptors (Lipinski definition) is 8. The van der Waals surface area contributed by atoms with E-state index in [1.165, 1.54) is 23.2 Å². The van der Waals surface area contributed by atoms with Crippen LogP contribution in [-0.2, 0) is 16.2 Å². The molecule has 0 unspecified atom stereocenters. The fourth-order valence-electron chi connectivity index (χ4n) is 4.86. The van der Waals surface area contributed by atoms with Gasteiger partial charge >= 0.3 is 0 Å². The normalized spacial score (nSPS) is 11.0. The second kappa shape index (κ2) is 15.6. The van der Waals surface area contributed by atoms with Crippen LogP contribution < -0.4 is 25.2 Å². The molecule has 13 heteroatoms. The maximum Gasteiger partial charge on any atom is 0.274 e. The predicted octanol–water partition coefficient (Wildman–Crippen LogP) is 6.33. The molecule has 3 amide bonds. The zero-order chi connectivity index (χ0) is 35.1. The number of nitrogens with one attached hydrogen (secondary N) is 2. The molecule has 2 N–H and O–H groups in total. The number of carbonyl (C=O) groups is 3. The van der Waals surface area contributed by atoms with Crippen LogP contribution in [0.1, 0.15) is 27.3 Å². The number of ether oxygens (including phenoxy) is 1. The largest absolute Gasteiger partial charge is 0.487 e. The molecule has 0 atom stereocenters. The van der Waals surface area contributed by atoms with E-state index >= 15 is 0 Å². The number of fused-ring (bicyclic) bond motifs is 1. The summed E-state index contributed by atoms with van der Waals surface area (Å²) >= 11 is 13.3. The van der Waals surface area contributed by atoms with Crippen LogP contribution in [0.15, 0.2) is 85.3 Å². The molecule has 0 aliphatic heterocycles. The number of aryl methyl sites for hydroxylation is 1. The number of hydrogen-bond donors (Lipinski definition) is 2. The minimum absolute atomic E-state index is 0.0341. The van der Waals surface area contributed by atoms with E-state index in [2.05, 4.69) is 20.6 Å². The molecule has 3 aromatic heterocycles. The van der Waals surface area contributed by atoms with Gasteiger partial charge in [0, 0.05) is 78.9 Å². The van der Waals surface area contributed by atoms with Crippen molar-refractivity contribution in [2.24, 2.45) is 0 Å². The average Bonchev–Trinajstić information content (AvgIpc) is 3.09. The van der Waals surface area contributed by atoms with Crippen molar-refractivity contribution >= 4 is 75.0 Å². The predicted molar refractivity (Wildman–Crippen MR) is 193 cm³/mol. The third kappa shape index (κ3) is 8.50. The van der Waals surface area contributed by atoms with Crippen LogP contribution in [-0.4, -0.2) is 60.4 Å². The number of carbonyl (C=O) groups excluding carboxylic acids is 3. The molecule has 0 spiro atoms. The average molecular weight is 699 g/mol. The topological polar surface area (TPSA) is 130 Å².